The molecule has 0 aliphatic carbocycles. The van der Waals surface area contributed by atoms with E-state index in [-0.39, 0.29) is 11.5 Å². The lowest BCUT2D eigenvalue weighted by Crippen LogP contribution is -2.38. The molecule has 3 aromatic carbocycles. The summed E-state index contributed by atoms with van der Waals surface area (Å²) in [6.07, 6.45) is 2.36. The first-order chi connectivity index (χ1) is 24.7. The molecule has 3 aliphatic rings. The summed E-state index contributed by atoms with van der Waals surface area (Å²) in [5.41, 5.74) is 3.55. The summed E-state index contributed by atoms with van der Waals surface area (Å²) in [4.78, 5) is 31.9. The Balaban J connectivity index is 1.13. The van der Waals surface area contributed by atoms with Crippen molar-refractivity contribution in [3.8, 4) is 22.6 Å². The van der Waals surface area contributed by atoms with Gasteiger partial charge in [-0.2, -0.15) is 0 Å². The Kier molecular flexibility index (Phi) is 13.3. The van der Waals surface area contributed by atoms with Crippen molar-refractivity contribution in [1.82, 2.24) is 14.7 Å². The molecule has 3 saturated heterocycles. The minimum atomic E-state index is -0.986. The number of carboxylic acid groups (broad SMARTS) is 1. The average Bonchev–Trinajstić information content (AvgIpc) is 3.40. The molecule has 3 aromatic rings. The third-order valence-corrected chi connectivity index (χ3v) is 10.9. The SMILES string of the molecule is O=C(O)c1ccc(OCCCN2C(=O)C(=Cc3cc(-c4ccc(Cl)c(Cl)c4)ccc3OCCN3CCOCC3)SC2=S)c(CN2CCOCC2)c1. The first kappa shape index (κ1) is 37.6. The molecule has 0 saturated carbocycles. The number of amides is 1. The minimum Gasteiger partial charge on any atom is -0.493 e. The second-order valence-corrected chi connectivity index (χ2v) is 14.7. The third-order valence-electron chi connectivity index (χ3n) is 8.78. The van der Waals surface area contributed by atoms with Gasteiger partial charge in [-0.1, -0.05) is 59.3 Å². The lowest BCUT2D eigenvalue weighted by molar-refractivity contribution is -0.122. The lowest BCUT2D eigenvalue weighted by Gasteiger charge is -2.27. The zero-order chi connectivity index (χ0) is 35.7. The highest BCUT2D eigenvalue weighted by molar-refractivity contribution is 8.26. The van der Waals surface area contributed by atoms with Gasteiger partial charge in [0.05, 0.1) is 53.5 Å². The van der Waals surface area contributed by atoms with Crippen molar-refractivity contribution in [2.75, 3.05) is 78.9 Å². The van der Waals surface area contributed by atoms with Gasteiger partial charge >= 0.3 is 5.97 Å². The molecule has 0 atom stereocenters. The van der Waals surface area contributed by atoms with Crippen LogP contribution in [-0.4, -0.2) is 115 Å². The topological polar surface area (TPSA) is 101 Å². The highest BCUT2D eigenvalue weighted by Gasteiger charge is 2.32. The fourth-order valence-corrected chi connectivity index (χ4v) is 7.57. The van der Waals surface area contributed by atoms with E-state index in [0.717, 1.165) is 55.0 Å². The van der Waals surface area contributed by atoms with Gasteiger partial charge in [0.15, 0.2) is 0 Å². The number of nitrogens with zero attached hydrogens (tertiary/aromatic N) is 3. The Bertz CT molecular complexity index is 1780. The van der Waals surface area contributed by atoms with Gasteiger partial charge in [0, 0.05) is 56.9 Å². The Labute approximate surface area is 317 Å². The maximum Gasteiger partial charge on any atom is 0.335 e. The van der Waals surface area contributed by atoms with Crippen molar-refractivity contribution in [3.05, 3.63) is 86.2 Å². The van der Waals surface area contributed by atoms with E-state index < -0.39 is 5.97 Å². The van der Waals surface area contributed by atoms with Crippen LogP contribution in [-0.2, 0) is 20.8 Å². The summed E-state index contributed by atoms with van der Waals surface area (Å²) in [5.74, 6) is 0.121. The maximum absolute atomic E-state index is 13.7. The van der Waals surface area contributed by atoms with Crippen LogP contribution in [0.5, 0.6) is 11.5 Å². The van der Waals surface area contributed by atoms with Crippen LogP contribution in [0.3, 0.4) is 0 Å². The molecule has 10 nitrogen and oxygen atoms in total. The summed E-state index contributed by atoms with van der Waals surface area (Å²) in [6.45, 7) is 8.48. The van der Waals surface area contributed by atoms with Crippen LogP contribution in [0, 0.1) is 0 Å². The van der Waals surface area contributed by atoms with Crippen molar-refractivity contribution in [2.24, 2.45) is 0 Å². The standard InChI is InChI=1S/C37H39Cl2N3O7S2/c38-30-5-2-26(22-31(30)39)25-3-6-32(49-19-13-40-9-15-46-16-10-40)28(20-25)23-34-35(43)42(37(50)51-34)8-1-14-48-33-7-4-27(36(44)45)21-29(33)24-41-11-17-47-18-12-41/h2-7,20-23H,1,8-19,24H2,(H,44,45). The van der Waals surface area contributed by atoms with E-state index >= 15 is 0 Å². The van der Waals surface area contributed by atoms with Gasteiger partial charge in [0.25, 0.3) is 5.91 Å². The monoisotopic (exact) mass is 771 g/mol. The van der Waals surface area contributed by atoms with Crippen molar-refractivity contribution in [3.63, 3.8) is 0 Å². The summed E-state index contributed by atoms with van der Waals surface area (Å²) in [7, 11) is 0. The number of benzene rings is 3. The smallest absolute Gasteiger partial charge is 0.335 e. The summed E-state index contributed by atoms with van der Waals surface area (Å²) in [5, 5.41) is 10.5. The molecular formula is C37H39Cl2N3O7S2. The molecule has 1 amide bonds. The Morgan fingerprint density at radius 3 is 2.24 bits per heavy atom. The molecule has 3 fully saturated rings. The summed E-state index contributed by atoms with van der Waals surface area (Å²) in [6, 6.07) is 16.3. The average molecular weight is 773 g/mol. The molecule has 3 aliphatic heterocycles. The lowest BCUT2D eigenvalue weighted by atomic mass is 10.0. The van der Waals surface area contributed by atoms with Crippen LogP contribution in [0.1, 0.15) is 27.9 Å². The number of ether oxygens (including phenoxy) is 4. The summed E-state index contributed by atoms with van der Waals surface area (Å²) < 4.78 is 23.8. The number of hydrogen-bond acceptors (Lipinski definition) is 10. The molecule has 270 valence electrons. The van der Waals surface area contributed by atoms with Crippen LogP contribution in [0.15, 0.2) is 59.5 Å². The number of carbonyl (C=O) groups excluding carboxylic acids is 1. The number of thioether (sulfide) groups is 1. The van der Waals surface area contributed by atoms with Crippen molar-refractivity contribution in [2.45, 2.75) is 13.0 Å². The van der Waals surface area contributed by atoms with Crippen LogP contribution in [0.25, 0.3) is 17.2 Å². The molecular weight excluding hydrogens is 733 g/mol. The van der Waals surface area contributed by atoms with E-state index in [1.807, 2.05) is 36.4 Å². The van der Waals surface area contributed by atoms with Gasteiger partial charge in [-0.3, -0.25) is 19.5 Å². The van der Waals surface area contributed by atoms with E-state index in [4.69, 9.17) is 54.4 Å². The first-order valence-electron chi connectivity index (χ1n) is 16.8. The summed E-state index contributed by atoms with van der Waals surface area (Å²) >= 11 is 19.4. The number of aromatic carboxylic acids is 1. The minimum absolute atomic E-state index is 0.178. The van der Waals surface area contributed by atoms with Gasteiger partial charge < -0.3 is 24.1 Å². The van der Waals surface area contributed by atoms with Crippen molar-refractivity contribution < 1.29 is 33.6 Å². The molecule has 6 rings (SSSR count). The van der Waals surface area contributed by atoms with Crippen LogP contribution < -0.4 is 9.47 Å². The number of morpholine rings is 2. The van der Waals surface area contributed by atoms with Gasteiger partial charge in [-0.25, -0.2) is 4.79 Å². The molecule has 0 bridgehead atoms. The zero-order valence-corrected chi connectivity index (χ0v) is 31.1. The van der Waals surface area contributed by atoms with Gasteiger partial charge in [0.1, 0.15) is 22.4 Å². The number of rotatable bonds is 14. The second-order valence-electron chi connectivity index (χ2n) is 12.2. The number of halogens is 2. The molecule has 1 N–H and O–H groups in total. The fraction of sp³-hybridized carbons (Fsp3) is 0.378. The van der Waals surface area contributed by atoms with E-state index in [1.54, 1.807) is 29.2 Å². The maximum atomic E-state index is 13.7. The molecule has 0 radical (unpaired) electrons. The normalized spacial score (nSPS) is 18.1. The fourth-order valence-electron chi connectivity index (χ4n) is 5.97. The quantitative estimate of drug-likeness (QED) is 0.109. The Morgan fingerprint density at radius 1 is 0.843 bits per heavy atom. The molecule has 3 heterocycles. The Hall–Kier alpha value is -3.20. The van der Waals surface area contributed by atoms with Crippen molar-refractivity contribution in [1.29, 1.82) is 0 Å². The van der Waals surface area contributed by atoms with Gasteiger partial charge in [0.2, 0.25) is 0 Å². The van der Waals surface area contributed by atoms with E-state index in [0.29, 0.717) is 89.9 Å². The van der Waals surface area contributed by atoms with E-state index in [1.165, 1.54) is 11.8 Å². The first-order valence-corrected chi connectivity index (χ1v) is 18.8. The molecule has 0 spiro atoms. The predicted octanol–water partition coefficient (Wildman–Crippen LogP) is 6.57. The van der Waals surface area contributed by atoms with Crippen LogP contribution in [0.2, 0.25) is 10.0 Å². The van der Waals surface area contributed by atoms with Crippen LogP contribution >= 0.6 is 47.2 Å². The largest absolute Gasteiger partial charge is 0.493 e. The van der Waals surface area contributed by atoms with Gasteiger partial charge in [-0.05, 0) is 66.1 Å². The second kappa shape index (κ2) is 18.0. The van der Waals surface area contributed by atoms with E-state index in [9.17, 15) is 14.7 Å². The number of carbonyl (C=O) groups is 2. The molecule has 51 heavy (non-hydrogen) atoms. The zero-order valence-electron chi connectivity index (χ0n) is 28.0. The number of thiocarbonyl (C=S) groups is 1. The highest BCUT2D eigenvalue weighted by atomic mass is 35.5. The number of carboxylic acids is 1. The predicted molar refractivity (Wildman–Crippen MR) is 204 cm³/mol. The Morgan fingerprint density at radius 2 is 1.51 bits per heavy atom. The number of hydrogen-bond donors (Lipinski definition) is 1. The van der Waals surface area contributed by atoms with Gasteiger partial charge in [-0.15, -0.1) is 0 Å². The van der Waals surface area contributed by atoms with Crippen LogP contribution in [0.4, 0.5) is 0 Å². The highest BCUT2D eigenvalue weighted by Crippen LogP contribution is 2.37. The molecule has 14 heteroatoms. The molecule has 0 unspecified atom stereocenters. The van der Waals surface area contributed by atoms with E-state index in [2.05, 4.69) is 9.80 Å². The molecule has 0 aromatic heterocycles. The third kappa shape index (κ3) is 10.0. The van der Waals surface area contributed by atoms with Crippen molar-refractivity contribution >= 4 is 69.5 Å².